The Morgan fingerprint density at radius 3 is 2.73 bits per heavy atom. The highest BCUT2D eigenvalue weighted by molar-refractivity contribution is 6.30. The molecule has 1 atom stereocenters. The first-order valence-electron chi connectivity index (χ1n) is 11.5. The zero-order valence-electron chi connectivity index (χ0n) is 19.1. The van der Waals surface area contributed by atoms with E-state index in [-0.39, 0.29) is 6.10 Å². The van der Waals surface area contributed by atoms with E-state index in [2.05, 4.69) is 51.3 Å². The quantitative estimate of drug-likeness (QED) is 0.562. The number of hydrogen-bond donors (Lipinski definition) is 1. The third-order valence-electron chi connectivity index (χ3n) is 6.49. The molecule has 2 aliphatic heterocycles. The van der Waals surface area contributed by atoms with Gasteiger partial charge in [0.1, 0.15) is 24.0 Å². The molecule has 3 aromatic rings. The molecular formula is C25H30ClN5O2. The van der Waals surface area contributed by atoms with Gasteiger partial charge >= 0.3 is 0 Å². The maximum Gasteiger partial charge on any atom is 0.145 e. The van der Waals surface area contributed by atoms with Crippen molar-refractivity contribution in [2.75, 3.05) is 50.6 Å². The average Bonchev–Trinajstić information content (AvgIpc) is 3.31. The van der Waals surface area contributed by atoms with Gasteiger partial charge in [-0.05, 0) is 44.8 Å². The third-order valence-corrected chi connectivity index (χ3v) is 6.73. The normalized spacial score (nSPS) is 19.4. The Kier molecular flexibility index (Phi) is 6.53. The SMILES string of the molecule is CN(C)C1CCN(c2cc(OC3CCOCC3)c3c(Nc4cccc(Cl)c4)ncnc3c2)C1. The second-order valence-corrected chi connectivity index (χ2v) is 9.41. The lowest BCUT2D eigenvalue weighted by atomic mass is 10.1. The molecule has 0 aliphatic carbocycles. The van der Waals surface area contributed by atoms with Gasteiger partial charge in [0.25, 0.3) is 0 Å². The van der Waals surface area contributed by atoms with Crippen LogP contribution in [0.15, 0.2) is 42.7 Å². The highest BCUT2D eigenvalue weighted by Crippen LogP contribution is 2.38. The molecule has 0 radical (unpaired) electrons. The Labute approximate surface area is 199 Å². The van der Waals surface area contributed by atoms with Gasteiger partial charge in [-0.1, -0.05) is 17.7 Å². The zero-order chi connectivity index (χ0) is 22.8. The van der Waals surface area contributed by atoms with Crippen molar-refractivity contribution in [1.29, 1.82) is 0 Å². The zero-order valence-corrected chi connectivity index (χ0v) is 19.9. The molecule has 1 aromatic heterocycles. The lowest BCUT2D eigenvalue weighted by molar-refractivity contribution is 0.0262. The summed E-state index contributed by atoms with van der Waals surface area (Å²) in [6.07, 6.45) is 4.62. The Morgan fingerprint density at radius 2 is 1.97 bits per heavy atom. The smallest absolute Gasteiger partial charge is 0.145 e. The number of halogens is 1. The van der Waals surface area contributed by atoms with Crippen LogP contribution in [0.2, 0.25) is 5.02 Å². The minimum Gasteiger partial charge on any atom is -0.489 e. The minimum atomic E-state index is 0.115. The van der Waals surface area contributed by atoms with Crippen LogP contribution in [0.25, 0.3) is 10.9 Å². The number of fused-ring (bicyclic) bond motifs is 1. The number of nitrogens with one attached hydrogen (secondary N) is 1. The Bertz CT molecular complexity index is 1120. The van der Waals surface area contributed by atoms with E-state index >= 15 is 0 Å². The van der Waals surface area contributed by atoms with Crippen LogP contribution in [0.3, 0.4) is 0 Å². The van der Waals surface area contributed by atoms with Gasteiger partial charge in [-0.3, -0.25) is 0 Å². The van der Waals surface area contributed by atoms with Crippen molar-refractivity contribution < 1.29 is 9.47 Å². The van der Waals surface area contributed by atoms with E-state index in [1.807, 2.05) is 24.3 Å². The van der Waals surface area contributed by atoms with Crippen LogP contribution in [0.4, 0.5) is 17.2 Å². The molecule has 2 saturated heterocycles. The van der Waals surface area contributed by atoms with E-state index in [0.29, 0.717) is 16.9 Å². The summed E-state index contributed by atoms with van der Waals surface area (Å²) in [5, 5.41) is 4.97. The molecule has 33 heavy (non-hydrogen) atoms. The third kappa shape index (κ3) is 5.00. The topological polar surface area (TPSA) is 62.8 Å². The summed E-state index contributed by atoms with van der Waals surface area (Å²) in [4.78, 5) is 13.9. The number of likely N-dealkylation sites (N-methyl/N-ethyl adjacent to an activating group) is 1. The van der Waals surface area contributed by atoms with E-state index in [9.17, 15) is 0 Å². The molecule has 5 rings (SSSR count). The van der Waals surface area contributed by atoms with Crippen LogP contribution in [-0.2, 0) is 4.74 Å². The number of nitrogens with zero attached hydrogens (tertiary/aromatic N) is 4. The highest BCUT2D eigenvalue weighted by atomic mass is 35.5. The second-order valence-electron chi connectivity index (χ2n) is 8.98. The van der Waals surface area contributed by atoms with Crippen LogP contribution in [0.1, 0.15) is 19.3 Å². The second kappa shape index (κ2) is 9.71. The largest absolute Gasteiger partial charge is 0.489 e. The van der Waals surface area contributed by atoms with Crippen LogP contribution >= 0.6 is 11.6 Å². The summed E-state index contributed by atoms with van der Waals surface area (Å²) in [6.45, 7) is 3.46. The predicted molar refractivity (Wildman–Crippen MR) is 133 cm³/mol. The molecule has 0 amide bonds. The monoisotopic (exact) mass is 467 g/mol. The summed E-state index contributed by atoms with van der Waals surface area (Å²) in [5.41, 5.74) is 2.88. The summed E-state index contributed by atoms with van der Waals surface area (Å²) in [6, 6.07) is 12.5. The fourth-order valence-electron chi connectivity index (χ4n) is 4.58. The maximum atomic E-state index is 6.58. The van der Waals surface area contributed by atoms with Crippen molar-refractivity contribution in [2.24, 2.45) is 0 Å². The van der Waals surface area contributed by atoms with Gasteiger partial charge in [0.15, 0.2) is 0 Å². The van der Waals surface area contributed by atoms with Gasteiger partial charge < -0.3 is 24.6 Å². The summed E-state index contributed by atoms with van der Waals surface area (Å²) in [5.74, 6) is 1.52. The fourth-order valence-corrected chi connectivity index (χ4v) is 4.77. The van der Waals surface area contributed by atoms with Crippen molar-refractivity contribution >= 4 is 39.7 Å². The van der Waals surface area contributed by atoms with Crippen LogP contribution in [0.5, 0.6) is 5.75 Å². The number of rotatable bonds is 6. The maximum absolute atomic E-state index is 6.58. The molecule has 1 N–H and O–H groups in total. The van der Waals surface area contributed by atoms with E-state index in [0.717, 1.165) is 73.6 Å². The van der Waals surface area contributed by atoms with Crippen molar-refractivity contribution in [3.05, 3.63) is 47.7 Å². The predicted octanol–water partition coefficient (Wildman–Crippen LogP) is 4.72. The summed E-state index contributed by atoms with van der Waals surface area (Å²) in [7, 11) is 4.30. The van der Waals surface area contributed by atoms with Gasteiger partial charge in [0.05, 0.1) is 24.1 Å². The Morgan fingerprint density at radius 1 is 1.12 bits per heavy atom. The molecule has 0 spiro atoms. The minimum absolute atomic E-state index is 0.115. The van der Waals surface area contributed by atoms with E-state index < -0.39 is 0 Å². The number of ether oxygens (including phenoxy) is 2. The molecular weight excluding hydrogens is 438 g/mol. The van der Waals surface area contributed by atoms with Crippen LogP contribution in [0, 0.1) is 0 Å². The molecule has 2 fully saturated rings. The standard InChI is InChI=1S/C25H30ClN5O2/c1-30(2)19-6-9-31(15-19)20-13-22-24(23(14-20)33-21-7-10-32-11-8-21)25(28-16-27-22)29-18-5-3-4-17(26)12-18/h3-5,12-14,16,19,21H,6-11,15H2,1-2H3,(H,27,28,29). The lowest BCUT2D eigenvalue weighted by Crippen LogP contribution is -2.31. The molecule has 0 bridgehead atoms. The van der Waals surface area contributed by atoms with E-state index in [1.165, 1.54) is 0 Å². The van der Waals surface area contributed by atoms with E-state index in [4.69, 9.17) is 21.1 Å². The average molecular weight is 468 g/mol. The molecule has 0 saturated carbocycles. The van der Waals surface area contributed by atoms with Gasteiger partial charge in [0.2, 0.25) is 0 Å². The van der Waals surface area contributed by atoms with Gasteiger partial charge in [-0.2, -0.15) is 0 Å². The van der Waals surface area contributed by atoms with Crippen molar-refractivity contribution in [3.8, 4) is 5.75 Å². The molecule has 2 aromatic carbocycles. The van der Waals surface area contributed by atoms with Crippen LogP contribution in [-0.4, -0.2) is 67.4 Å². The molecule has 2 aliphatic rings. The number of aromatic nitrogens is 2. The molecule has 7 nitrogen and oxygen atoms in total. The van der Waals surface area contributed by atoms with Gasteiger partial charge in [0, 0.05) is 54.4 Å². The first kappa shape index (κ1) is 22.2. The Hall–Kier alpha value is -2.61. The lowest BCUT2D eigenvalue weighted by Gasteiger charge is -2.26. The number of hydrogen-bond acceptors (Lipinski definition) is 7. The number of benzene rings is 2. The Balaban J connectivity index is 1.54. The van der Waals surface area contributed by atoms with Crippen molar-refractivity contribution in [1.82, 2.24) is 14.9 Å². The molecule has 174 valence electrons. The molecule has 3 heterocycles. The number of anilines is 3. The molecule has 1 unspecified atom stereocenters. The highest BCUT2D eigenvalue weighted by Gasteiger charge is 2.26. The van der Waals surface area contributed by atoms with Gasteiger partial charge in [-0.15, -0.1) is 0 Å². The molecule has 8 heteroatoms. The van der Waals surface area contributed by atoms with Crippen molar-refractivity contribution in [2.45, 2.75) is 31.4 Å². The van der Waals surface area contributed by atoms with E-state index in [1.54, 1.807) is 6.33 Å². The first-order valence-corrected chi connectivity index (χ1v) is 11.9. The fraction of sp³-hybridized carbons (Fsp3) is 0.440. The summed E-state index contributed by atoms with van der Waals surface area (Å²) < 4.78 is 12.1. The van der Waals surface area contributed by atoms with Crippen molar-refractivity contribution in [3.63, 3.8) is 0 Å². The summed E-state index contributed by atoms with van der Waals surface area (Å²) >= 11 is 6.20. The first-order chi connectivity index (χ1) is 16.1. The van der Waals surface area contributed by atoms with Gasteiger partial charge in [-0.25, -0.2) is 9.97 Å². The van der Waals surface area contributed by atoms with Crippen LogP contribution < -0.4 is 15.0 Å².